The molecule has 0 saturated carbocycles. The number of ether oxygens (including phenoxy) is 1. The Morgan fingerprint density at radius 1 is 1.36 bits per heavy atom. The molecule has 1 heteroatoms. The Balaban J connectivity index is 2.09. The summed E-state index contributed by atoms with van der Waals surface area (Å²) in [6.45, 7) is 3.14. The number of hydrogen-bond donors (Lipinski definition) is 0. The average molecular weight is 154 g/mol. The third kappa shape index (κ3) is 3.57. The predicted octanol–water partition coefficient (Wildman–Crippen LogP) is 2.91. The maximum atomic E-state index is 5.57. The zero-order valence-electron chi connectivity index (χ0n) is 7.38. The van der Waals surface area contributed by atoms with Crippen LogP contribution in [0.15, 0.2) is 12.2 Å². The van der Waals surface area contributed by atoms with Crippen LogP contribution < -0.4 is 0 Å². The van der Waals surface area contributed by atoms with Crippen molar-refractivity contribution in [3.05, 3.63) is 12.2 Å². The van der Waals surface area contributed by atoms with Gasteiger partial charge in [0.25, 0.3) is 0 Å². The summed E-state index contributed by atoms with van der Waals surface area (Å²) in [7, 11) is 0. The lowest BCUT2D eigenvalue weighted by Crippen LogP contribution is -2.17. The van der Waals surface area contributed by atoms with Crippen molar-refractivity contribution in [3.8, 4) is 0 Å². The molecule has 0 aromatic carbocycles. The van der Waals surface area contributed by atoms with Crippen molar-refractivity contribution in [1.29, 1.82) is 0 Å². The lowest BCUT2D eigenvalue weighted by molar-refractivity contribution is 0.0184. The molecule has 0 aromatic heterocycles. The normalized spacial score (nSPS) is 26.1. The lowest BCUT2D eigenvalue weighted by atomic mass is 10.1. The van der Waals surface area contributed by atoms with Gasteiger partial charge in [0.2, 0.25) is 0 Å². The first-order valence-electron chi connectivity index (χ1n) is 4.70. The van der Waals surface area contributed by atoms with E-state index in [9.17, 15) is 0 Å². The van der Waals surface area contributed by atoms with Gasteiger partial charge in [-0.05, 0) is 32.1 Å². The molecule has 1 aliphatic rings. The molecule has 11 heavy (non-hydrogen) atoms. The van der Waals surface area contributed by atoms with E-state index < -0.39 is 0 Å². The first kappa shape index (κ1) is 8.79. The van der Waals surface area contributed by atoms with Crippen LogP contribution >= 0.6 is 0 Å². The molecule has 1 nitrogen and oxygen atoms in total. The third-order valence-corrected chi connectivity index (χ3v) is 2.08. The summed E-state index contributed by atoms with van der Waals surface area (Å²) in [5, 5.41) is 0. The molecule has 1 fully saturated rings. The van der Waals surface area contributed by atoms with E-state index in [-0.39, 0.29) is 0 Å². The molecular weight excluding hydrogens is 136 g/mol. The molecule has 0 bridgehead atoms. The van der Waals surface area contributed by atoms with Crippen molar-refractivity contribution in [2.75, 3.05) is 6.61 Å². The van der Waals surface area contributed by atoms with Crippen molar-refractivity contribution in [2.24, 2.45) is 0 Å². The van der Waals surface area contributed by atoms with Crippen LogP contribution in [-0.4, -0.2) is 12.7 Å². The highest BCUT2D eigenvalue weighted by Gasteiger charge is 2.10. The van der Waals surface area contributed by atoms with Crippen LogP contribution in [0.4, 0.5) is 0 Å². The standard InChI is InChI=1S/C10H18O/c1-2-3-4-7-10-8-5-6-9-11-10/h3-4,10H,2,5-9H2,1H3/b4-3-/t10-/m0/s1. The monoisotopic (exact) mass is 154 g/mol. The molecule has 0 aliphatic carbocycles. The zero-order valence-corrected chi connectivity index (χ0v) is 7.38. The van der Waals surface area contributed by atoms with Crippen molar-refractivity contribution in [3.63, 3.8) is 0 Å². The van der Waals surface area contributed by atoms with Crippen LogP contribution in [0.1, 0.15) is 39.0 Å². The fourth-order valence-corrected chi connectivity index (χ4v) is 1.41. The molecular formula is C10H18O. The van der Waals surface area contributed by atoms with E-state index in [1.54, 1.807) is 0 Å². The minimum Gasteiger partial charge on any atom is -0.378 e. The molecule has 1 atom stereocenters. The first-order chi connectivity index (χ1) is 5.43. The van der Waals surface area contributed by atoms with E-state index in [2.05, 4.69) is 19.1 Å². The van der Waals surface area contributed by atoms with Crippen LogP contribution in [0, 0.1) is 0 Å². The first-order valence-corrected chi connectivity index (χ1v) is 4.70. The summed E-state index contributed by atoms with van der Waals surface area (Å²) >= 11 is 0. The summed E-state index contributed by atoms with van der Waals surface area (Å²) in [5.74, 6) is 0. The van der Waals surface area contributed by atoms with E-state index in [1.165, 1.54) is 19.3 Å². The Bertz CT molecular complexity index is 112. The Kier molecular flexibility index (Phi) is 4.29. The van der Waals surface area contributed by atoms with Gasteiger partial charge in [-0.15, -0.1) is 0 Å². The van der Waals surface area contributed by atoms with Crippen LogP contribution in [-0.2, 0) is 4.74 Å². The summed E-state index contributed by atoms with van der Waals surface area (Å²) < 4.78 is 5.57. The third-order valence-electron chi connectivity index (χ3n) is 2.08. The highest BCUT2D eigenvalue weighted by molar-refractivity contribution is 4.84. The van der Waals surface area contributed by atoms with Crippen LogP contribution in [0.5, 0.6) is 0 Å². The zero-order chi connectivity index (χ0) is 7.94. The topological polar surface area (TPSA) is 9.23 Å². The second-order valence-corrected chi connectivity index (χ2v) is 3.10. The van der Waals surface area contributed by atoms with E-state index in [4.69, 9.17) is 4.74 Å². The van der Waals surface area contributed by atoms with E-state index >= 15 is 0 Å². The van der Waals surface area contributed by atoms with E-state index in [0.717, 1.165) is 19.4 Å². The fraction of sp³-hybridized carbons (Fsp3) is 0.800. The molecule has 64 valence electrons. The minimum absolute atomic E-state index is 0.520. The van der Waals surface area contributed by atoms with Crippen molar-refractivity contribution >= 4 is 0 Å². The molecule has 1 aliphatic heterocycles. The lowest BCUT2D eigenvalue weighted by Gasteiger charge is -2.20. The number of rotatable bonds is 3. The molecule has 0 aromatic rings. The highest BCUT2D eigenvalue weighted by Crippen LogP contribution is 2.15. The van der Waals surface area contributed by atoms with Gasteiger partial charge in [-0.3, -0.25) is 0 Å². The van der Waals surface area contributed by atoms with Gasteiger partial charge in [0.1, 0.15) is 0 Å². The van der Waals surface area contributed by atoms with E-state index in [1.807, 2.05) is 0 Å². The predicted molar refractivity (Wildman–Crippen MR) is 47.6 cm³/mol. The quantitative estimate of drug-likeness (QED) is 0.568. The van der Waals surface area contributed by atoms with Gasteiger partial charge in [-0.25, -0.2) is 0 Å². The van der Waals surface area contributed by atoms with Crippen molar-refractivity contribution in [2.45, 2.75) is 45.1 Å². The summed E-state index contributed by atoms with van der Waals surface area (Å²) in [4.78, 5) is 0. The summed E-state index contributed by atoms with van der Waals surface area (Å²) in [6.07, 6.45) is 11.1. The van der Waals surface area contributed by atoms with Crippen LogP contribution in [0.25, 0.3) is 0 Å². The van der Waals surface area contributed by atoms with Gasteiger partial charge in [-0.1, -0.05) is 19.1 Å². The Labute approximate surface area is 69.4 Å². The second kappa shape index (κ2) is 5.36. The molecule has 0 amide bonds. The SMILES string of the molecule is CC/C=C\C[C@H]1CCCCO1. The van der Waals surface area contributed by atoms with Gasteiger partial charge < -0.3 is 4.74 Å². The minimum atomic E-state index is 0.520. The number of hydrogen-bond acceptors (Lipinski definition) is 1. The molecule has 1 saturated heterocycles. The van der Waals surface area contributed by atoms with Crippen molar-refractivity contribution in [1.82, 2.24) is 0 Å². The van der Waals surface area contributed by atoms with E-state index in [0.29, 0.717) is 6.10 Å². The molecule has 0 N–H and O–H groups in total. The fourth-order valence-electron chi connectivity index (χ4n) is 1.41. The van der Waals surface area contributed by atoms with Crippen LogP contribution in [0.3, 0.4) is 0 Å². The van der Waals surface area contributed by atoms with Crippen molar-refractivity contribution < 1.29 is 4.74 Å². The Hall–Kier alpha value is -0.300. The Morgan fingerprint density at radius 3 is 2.91 bits per heavy atom. The van der Waals surface area contributed by atoms with Gasteiger partial charge in [0.15, 0.2) is 0 Å². The molecule has 1 heterocycles. The molecule has 0 unspecified atom stereocenters. The smallest absolute Gasteiger partial charge is 0.0609 e. The van der Waals surface area contributed by atoms with Gasteiger partial charge >= 0.3 is 0 Å². The Morgan fingerprint density at radius 2 is 2.27 bits per heavy atom. The van der Waals surface area contributed by atoms with Gasteiger partial charge in [-0.2, -0.15) is 0 Å². The second-order valence-electron chi connectivity index (χ2n) is 3.10. The molecule has 0 spiro atoms. The summed E-state index contributed by atoms with van der Waals surface area (Å²) in [5.41, 5.74) is 0. The van der Waals surface area contributed by atoms with Gasteiger partial charge in [0.05, 0.1) is 6.10 Å². The summed E-state index contributed by atoms with van der Waals surface area (Å²) in [6, 6.07) is 0. The largest absolute Gasteiger partial charge is 0.378 e. The molecule has 0 radical (unpaired) electrons. The maximum Gasteiger partial charge on any atom is 0.0609 e. The highest BCUT2D eigenvalue weighted by atomic mass is 16.5. The average Bonchev–Trinajstić information content (AvgIpc) is 2.07. The molecule has 1 rings (SSSR count). The van der Waals surface area contributed by atoms with Crippen LogP contribution in [0.2, 0.25) is 0 Å². The van der Waals surface area contributed by atoms with Gasteiger partial charge in [0, 0.05) is 6.61 Å². The number of allylic oxidation sites excluding steroid dienone is 1. The maximum absolute atomic E-state index is 5.57.